The van der Waals surface area contributed by atoms with Crippen molar-refractivity contribution in [2.45, 2.75) is 13.1 Å². The highest BCUT2D eigenvalue weighted by atomic mass is 16.7. The zero-order chi connectivity index (χ0) is 19.4. The summed E-state index contributed by atoms with van der Waals surface area (Å²) in [4.78, 5) is 35.8. The molecule has 0 radical (unpaired) electrons. The molecule has 0 aliphatic carbocycles. The third kappa shape index (κ3) is 3.81. The number of aromatic nitrogens is 3. The first-order chi connectivity index (χ1) is 13.0. The van der Waals surface area contributed by atoms with E-state index in [0.717, 1.165) is 24.5 Å². The standard InChI is InChI=1S/C16H16N4O7/c1-24-15(22)13-14(16(23)25-2)20(19-18-13)7-12(21)17-6-9-3-4-10-11(5-9)27-8-26-10/h3-5H,6-8H2,1-2H3,(H,17,21). The number of hydrogen-bond acceptors (Lipinski definition) is 9. The van der Waals surface area contributed by atoms with Gasteiger partial charge in [0.25, 0.3) is 0 Å². The maximum Gasteiger partial charge on any atom is 0.361 e. The van der Waals surface area contributed by atoms with Crippen LogP contribution in [0.1, 0.15) is 26.5 Å². The minimum Gasteiger partial charge on any atom is -0.464 e. The second-order valence-electron chi connectivity index (χ2n) is 5.39. The number of benzene rings is 1. The van der Waals surface area contributed by atoms with Crippen LogP contribution >= 0.6 is 0 Å². The molecule has 2 heterocycles. The first-order valence-electron chi connectivity index (χ1n) is 7.78. The van der Waals surface area contributed by atoms with Crippen molar-refractivity contribution < 1.29 is 33.3 Å². The van der Waals surface area contributed by atoms with Gasteiger partial charge in [0, 0.05) is 6.54 Å². The third-order valence-corrected chi connectivity index (χ3v) is 3.71. The van der Waals surface area contributed by atoms with Crippen LogP contribution in [0.15, 0.2) is 18.2 Å². The average molecular weight is 376 g/mol. The topological polar surface area (TPSA) is 131 Å². The van der Waals surface area contributed by atoms with E-state index in [0.29, 0.717) is 11.5 Å². The SMILES string of the molecule is COC(=O)c1nnn(CC(=O)NCc2ccc3c(c2)OCO3)c1C(=O)OC. The molecule has 11 heteroatoms. The third-order valence-electron chi connectivity index (χ3n) is 3.71. The number of carbonyl (C=O) groups excluding carboxylic acids is 3. The Morgan fingerprint density at radius 1 is 1.15 bits per heavy atom. The number of fused-ring (bicyclic) bond motifs is 1. The summed E-state index contributed by atoms with van der Waals surface area (Å²) >= 11 is 0. The molecule has 0 unspecified atom stereocenters. The molecule has 1 N–H and O–H groups in total. The van der Waals surface area contributed by atoms with E-state index in [-0.39, 0.29) is 31.3 Å². The highest BCUT2D eigenvalue weighted by Crippen LogP contribution is 2.32. The lowest BCUT2D eigenvalue weighted by molar-refractivity contribution is -0.122. The Morgan fingerprint density at radius 3 is 2.63 bits per heavy atom. The van der Waals surface area contributed by atoms with Gasteiger partial charge in [0.05, 0.1) is 14.2 Å². The molecular weight excluding hydrogens is 360 g/mol. The number of methoxy groups -OCH3 is 2. The Labute approximate surface area is 153 Å². The fourth-order valence-electron chi connectivity index (χ4n) is 2.40. The number of amides is 1. The molecule has 3 rings (SSSR count). The van der Waals surface area contributed by atoms with Gasteiger partial charge in [-0.15, -0.1) is 5.10 Å². The summed E-state index contributed by atoms with van der Waals surface area (Å²) in [7, 11) is 2.28. The molecule has 0 spiro atoms. The number of hydrogen-bond donors (Lipinski definition) is 1. The summed E-state index contributed by atoms with van der Waals surface area (Å²) in [6, 6.07) is 5.30. The number of esters is 2. The van der Waals surface area contributed by atoms with Gasteiger partial charge >= 0.3 is 11.9 Å². The maximum atomic E-state index is 12.2. The molecule has 0 saturated carbocycles. The van der Waals surface area contributed by atoms with Crippen molar-refractivity contribution in [1.29, 1.82) is 0 Å². The van der Waals surface area contributed by atoms with Crippen LogP contribution in [0.5, 0.6) is 11.5 Å². The van der Waals surface area contributed by atoms with E-state index in [4.69, 9.17) is 9.47 Å². The van der Waals surface area contributed by atoms with Crippen LogP contribution in [0.2, 0.25) is 0 Å². The van der Waals surface area contributed by atoms with Crippen molar-refractivity contribution in [2.24, 2.45) is 0 Å². The monoisotopic (exact) mass is 376 g/mol. The maximum absolute atomic E-state index is 12.2. The van der Waals surface area contributed by atoms with Gasteiger partial charge in [-0.25, -0.2) is 14.3 Å². The molecule has 1 aromatic carbocycles. The van der Waals surface area contributed by atoms with E-state index < -0.39 is 17.8 Å². The highest BCUT2D eigenvalue weighted by Gasteiger charge is 2.27. The molecule has 0 atom stereocenters. The lowest BCUT2D eigenvalue weighted by Crippen LogP contribution is -2.29. The Bertz CT molecular complexity index is 893. The van der Waals surface area contributed by atoms with Crippen LogP contribution in [0.3, 0.4) is 0 Å². The molecule has 0 fully saturated rings. The van der Waals surface area contributed by atoms with Crippen molar-refractivity contribution in [3.63, 3.8) is 0 Å². The van der Waals surface area contributed by atoms with Gasteiger partial charge in [0.15, 0.2) is 17.2 Å². The minimum atomic E-state index is -0.859. The van der Waals surface area contributed by atoms with Crippen LogP contribution in [0.25, 0.3) is 0 Å². The van der Waals surface area contributed by atoms with Crippen molar-refractivity contribution in [2.75, 3.05) is 21.0 Å². The minimum absolute atomic E-state index is 0.163. The van der Waals surface area contributed by atoms with E-state index in [1.807, 2.05) is 0 Å². The number of rotatable bonds is 6. The van der Waals surface area contributed by atoms with Crippen LogP contribution in [-0.2, 0) is 27.4 Å². The molecule has 0 bridgehead atoms. The number of nitrogens with zero attached hydrogens (tertiary/aromatic N) is 3. The van der Waals surface area contributed by atoms with Gasteiger partial charge in [0.1, 0.15) is 6.54 Å². The summed E-state index contributed by atoms with van der Waals surface area (Å²) in [5.41, 5.74) is 0.213. The molecule has 1 aliphatic rings. The zero-order valence-corrected chi connectivity index (χ0v) is 14.6. The van der Waals surface area contributed by atoms with E-state index in [9.17, 15) is 14.4 Å². The second kappa shape index (κ2) is 7.72. The van der Waals surface area contributed by atoms with Gasteiger partial charge in [-0.3, -0.25) is 4.79 Å². The van der Waals surface area contributed by atoms with Crippen molar-refractivity contribution in [3.8, 4) is 11.5 Å². The normalized spacial score (nSPS) is 11.8. The van der Waals surface area contributed by atoms with Gasteiger partial charge in [0.2, 0.25) is 18.4 Å². The Balaban J connectivity index is 1.68. The van der Waals surface area contributed by atoms with Crippen LogP contribution in [-0.4, -0.2) is 53.9 Å². The Hall–Kier alpha value is -3.63. The molecular formula is C16H16N4O7. The number of carbonyl (C=O) groups is 3. The Morgan fingerprint density at radius 2 is 1.89 bits per heavy atom. The van der Waals surface area contributed by atoms with Crippen LogP contribution in [0, 0.1) is 0 Å². The van der Waals surface area contributed by atoms with Gasteiger partial charge in [-0.1, -0.05) is 11.3 Å². The Kier molecular flexibility index (Phi) is 5.20. The molecule has 1 amide bonds. The van der Waals surface area contributed by atoms with Crippen molar-refractivity contribution in [3.05, 3.63) is 35.2 Å². The molecule has 0 saturated heterocycles. The van der Waals surface area contributed by atoms with E-state index in [1.165, 1.54) is 0 Å². The molecule has 1 aliphatic heterocycles. The van der Waals surface area contributed by atoms with E-state index >= 15 is 0 Å². The summed E-state index contributed by atoms with van der Waals surface area (Å²) in [5.74, 6) is -0.912. The zero-order valence-electron chi connectivity index (χ0n) is 14.6. The van der Waals surface area contributed by atoms with E-state index in [2.05, 4.69) is 25.1 Å². The quantitative estimate of drug-likeness (QED) is 0.686. The molecule has 27 heavy (non-hydrogen) atoms. The number of ether oxygens (including phenoxy) is 4. The predicted octanol–water partition coefficient (Wildman–Crippen LogP) is -0.104. The smallest absolute Gasteiger partial charge is 0.361 e. The first kappa shape index (κ1) is 18.2. The molecule has 1 aromatic heterocycles. The summed E-state index contributed by atoms with van der Waals surface area (Å²) in [6.45, 7) is 0.0524. The first-order valence-corrected chi connectivity index (χ1v) is 7.78. The fraction of sp³-hybridized carbons (Fsp3) is 0.312. The number of nitrogens with one attached hydrogen (secondary N) is 1. The molecule has 11 nitrogen and oxygen atoms in total. The summed E-state index contributed by atoms with van der Waals surface area (Å²) in [5, 5.41) is 9.94. The van der Waals surface area contributed by atoms with Gasteiger partial charge < -0.3 is 24.3 Å². The van der Waals surface area contributed by atoms with Gasteiger partial charge in [-0.05, 0) is 17.7 Å². The predicted molar refractivity (Wildman–Crippen MR) is 87.1 cm³/mol. The lowest BCUT2D eigenvalue weighted by atomic mass is 10.2. The lowest BCUT2D eigenvalue weighted by Gasteiger charge is -2.08. The second-order valence-corrected chi connectivity index (χ2v) is 5.39. The van der Waals surface area contributed by atoms with Gasteiger partial charge in [-0.2, -0.15) is 0 Å². The molecule has 142 valence electrons. The average Bonchev–Trinajstić information content (AvgIpc) is 3.31. The van der Waals surface area contributed by atoms with Crippen molar-refractivity contribution >= 4 is 17.8 Å². The largest absolute Gasteiger partial charge is 0.464 e. The van der Waals surface area contributed by atoms with Crippen molar-refractivity contribution in [1.82, 2.24) is 20.3 Å². The van der Waals surface area contributed by atoms with Crippen LogP contribution < -0.4 is 14.8 Å². The highest BCUT2D eigenvalue weighted by molar-refractivity contribution is 6.00. The summed E-state index contributed by atoms with van der Waals surface area (Å²) in [6.07, 6.45) is 0. The van der Waals surface area contributed by atoms with Crippen LogP contribution in [0.4, 0.5) is 0 Å². The fourth-order valence-corrected chi connectivity index (χ4v) is 2.40. The summed E-state index contributed by atoms with van der Waals surface area (Å²) < 4.78 is 20.6. The molecule has 2 aromatic rings. The van der Waals surface area contributed by atoms with E-state index in [1.54, 1.807) is 18.2 Å².